The topological polar surface area (TPSA) is 217 Å². The summed E-state index contributed by atoms with van der Waals surface area (Å²) in [5, 5.41) is 13.0. The minimum atomic E-state index is -2.44. The molecule has 0 aromatic carbocycles. The predicted molar refractivity (Wildman–Crippen MR) is 183 cm³/mol. The van der Waals surface area contributed by atoms with Crippen molar-refractivity contribution in [2.75, 3.05) is 13.2 Å². The molecular formula is C38H52O16. The van der Waals surface area contributed by atoms with E-state index in [1.165, 1.54) is 39.0 Å². The number of rotatable bonds is 11. The second-order valence-electron chi connectivity index (χ2n) is 15.6. The van der Waals surface area contributed by atoms with Gasteiger partial charge in [-0.25, -0.2) is 0 Å². The average molecular weight is 765 g/mol. The van der Waals surface area contributed by atoms with Crippen molar-refractivity contribution in [3.05, 3.63) is 23.8 Å². The number of fused-ring (bicyclic) bond motifs is 3. The van der Waals surface area contributed by atoms with Gasteiger partial charge < -0.3 is 43.0 Å². The lowest BCUT2D eigenvalue weighted by atomic mass is 9.51. The van der Waals surface area contributed by atoms with Crippen LogP contribution in [0.4, 0.5) is 0 Å². The fourth-order valence-corrected chi connectivity index (χ4v) is 7.97. The van der Waals surface area contributed by atoms with E-state index in [1.54, 1.807) is 27.7 Å². The normalized spacial score (nSPS) is 37.1. The number of epoxide rings is 1. The monoisotopic (exact) mass is 764 g/mol. The zero-order chi connectivity index (χ0) is 40.5. The largest absolute Gasteiger partial charge is 0.461 e. The maximum Gasteiger partial charge on any atom is 0.312 e. The molecule has 0 bridgehead atoms. The van der Waals surface area contributed by atoms with Crippen molar-refractivity contribution in [1.29, 1.82) is 0 Å². The number of hydrogen-bond donors (Lipinski definition) is 1. The lowest BCUT2D eigenvalue weighted by molar-refractivity contribution is -0.280. The summed E-state index contributed by atoms with van der Waals surface area (Å²) in [5.74, 6) is -8.81. The van der Waals surface area contributed by atoms with Crippen LogP contribution in [0, 0.1) is 29.1 Å². The van der Waals surface area contributed by atoms with Gasteiger partial charge in [0, 0.05) is 46.5 Å². The summed E-state index contributed by atoms with van der Waals surface area (Å²) in [7, 11) is 0. The maximum atomic E-state index is 13.5. The number of ether oxygens (including phenoxy) is 8. The first kappa shape index (κ1) is 42.4. The van der Waals surface area contributed by atoms with Crippen molar-refractivity contribution in [1.82, 2.24) is 0 Å². The molecule has 54 heavy (non-hydrogen) atoms. The Morgan fingerprint density at radius 3 is 1.85 bits per heavy atom. The number of aliphatic hydroxyl groups is 1. The summed E-state index contributed by atoms with van der Waals surface area (Å²) in [6.45, 7) is 13.9. The molecule has 2 heterocycles. The molecule has 4 rings (SSSR count). The summed E-state index contributed by atoms with van der Waals surface area (Å²) in [6, 6.07) is 0. The minimum Gasteiger partial charge on any atom is -0.461 e. The van der Waals surface area contributed by atoms with Crippen LogP contribution in [0.2, 0.25) is 0 Å². The molecule has 2 aliphatic carbocycles. The van der Waals surface area contributed by atoms with Crippen molar-refractivity contribution in [3.63, 3.8) is 0 Å². The molecule has 1 saturated carbocycles. The summed E-state index contributed by atoms with van der Waals surface area (Å²) in [5.41, 5.74) is -5.93. The van der Waals surface area contributed by atoms with E-state index in [4.69, 9.17) is 37.9 Å². The molecule has 0 amide bonds. The van der Waals surface area contributed by atoms with E-state index >= 15 is 0 Å². The van der Waals surface area contributed by atoms with Crippen LogP contribution >= 0.6 is 0 Å². The highest BCUT2D eigenvalue weighted by molar-refractivity contribution is 5.78. The predicted octanol–water partition coefficient (Wildman–Crippen LogP) is 2.45. The molecule has 0 radical (unpaired) electrons. The van der Waals surface area contributed by atoms with Crippen LogP contribution in [-0.2, 0) is 71.5 Å². The SMILES string of the molecule is CC(=O)OCC1=C\[C@@H]2OC(=O)[C@H](C)[C@@]2(O)[C@@H](OC(C)=O)[C@H]2[C@@]3(CO3)[C@H](OC(=O)CC(C)C)[C@H](OC(=O)CC(C)C)[C@H](OC(C)=O)[C@]2(C)[C@@H](OC(C)=O)/C=C\1. The smallest absolute Gasteiger partial charge is 0.312 e. The molecule has 0 unspecified atom stereocenters. The van der Waals surface area contributed by atoms with Gasteiger partial charge >= 0.3 is 41.8 Å². The van der Waals surface area contributed by atoms with Gasteiger partial charge in [0.2, 0.25) is 0 Å². The molecule has 300 valence electrons. The van der Waals surface area contributed by atoms with E-state index in [2.05, 4.69) is 0 Å². The third kappa shape index (κ3) is 8.49. The molecule has 11 atom stereocenters. The molecule has 3 fully saturated rings. The van der Waals surface area contributed by atoms with Crippen molar-refractivity contribution in [2.24, 2.45) is 29.1 Å². The van der Waals surface area contributed by atoms with Crippen molar-refractivity contribution < 1.29 is 76.6 Å². The third-order valence-corrected chi connectivity index (χ3v) is 10.3. The Hall–Kier alpha value is -4.31. The molecule has 2 aliphatic heterocycles. The van der Waals surface area contributed by atoms with Crippen molar-refractivity contribution in [2.45, 2.75) is 130 Å². The van der Waals surface area contributed by atoms with Gasteiger partial charge in [-0.1, -0.05) is 40.7 Å². The van der Waals surface area contributed by atoms with E-state index in [1.807, 2.05) is 0 Å². The molecule has 16 nitrogen and oxygen atoms in total. The zero-order valence-electron chi connectivity index (χ0n) is 32.4. The molecular weight excluding hydrogens is 712 g/mol. The first-order valence-corrected chi connectivity index (χ1v) is 18.1. The molecule has 2 saturated heterocycles. The highest BCUT2D eigenvalue weighted by Gasteiger charge is 2.81. The van der Waals surface area contributed by atoms with Crippen LogP contribution in [0.3, 0.4) is 0 Å². The van der Waals surface area contributed by atoms with E-state index in [0.717, 1.165) is 20.8 Å². The Kier molecular flexibility index (Phi) is 12.7. The standard InChI is InChI=1S/C38H52O16/c1-18(2)13-28(43)53-30-32(50-23(8)41)36(10)26(49-22(7)40)12-11-25(16-47-21(6)39)15-27-38(46,20(5)35(45)52-27)34(51-24(9)42)31(36)37(17-48-37)33(30)54-29(44)14-19(3)4/h11-12,15,18-20,26-27,30-34,46H,13-14,16-17H2,1-10H3/b12-11-,25-15-/t20-,26-,27-,30+,31+,32-,33+,34-,36+,37-,38-/m0/s1. The number of carbonyl (C=O) groups excluding carboxylic acids is 7. The van der Waals surface area contributed by atoms with Crippen LogP contribution in [0.1, 0.15) is 82.1 Å². The highest BCUT2D eigenvalue weighted by atomic mass is 16.7. The zero-order valence-corrected chi connectivity index (χ0v) is 32.4. The fourth-order valence-electron chi connectivity index (χ4n) is 7.97. The number of hydrogen-bond acceptors (Lipinski definition) is 16. The van der Waals surface area contributed by atoms with Crippen molar-refractivity contribution >= 4 is 41.8 Å². The molecule has 16 heteroatoms. The molecule has 0 aromatic heterocycles. The van der Waals surface area contributed by atoms with E-state index in [-0.39, 0.29) is 43.5 Å². The van der Waals surface area contributed by atoms with Gasteiger partial charge in [0.15, 0.2) is 30.0 Å². The van der Waals surface area contributed by atoms with Crippen LogP contribution in [0.15, 0.2) is 23.8 Å². The molecule has 0 aromatic rings. The van der Waals surface area contributed by atoms with Gasteiger partial charge in [-0.05, 0) is 36.5 Å². The average Bonchev–Trinajstić information content (AvgIpc) is 3.78. The van der Waals surface area contributed by atoms with Gasteiger partial charge in [0.25, 0.3) is 0 Å². The van der Waals surface area contributed by atoms with Crippen molar-refractivity contribution in [3.8, 4) is 0 Å². The first-order chi connectivity index (χ1) is 25.1. The van der Waals surface area contributed by atoms with Crippen LogP contribution in [0.5, 0.6) is 0 Å². The summed E-state index contributed by atoms with van der Waals surface area (Å²) >= 11 is 0. The van der Waals surface area contributed by atoms with Gasteiger partial charge in [-0.3, -0.25) is 33.6 Å². The van der Waals surface area contributed by atoms with Gasteiger partial charge in [-0.15, -0.1) is 0 Å². The lowest BCUT2D eigenvalue weighted by Gasteiger charge is -2.59. The third-order valence-electron chi connectivity index (χ3n) is 10.3. The lowest BCUT2D eigenvalue weighted by Crippen LogP contribution is -2.76. The Bertz CT molecular complexity index is 1570. The second-order valence-corrected chi connectivity index (χ2v) is 15.6. The van der Waals surface area contributed by atoms with Crippen LogP contribution < -0.4 is 0 Å². The summed E-state index contributed by atoms with van der Waals surface area (Å²) in [4.78, 5) is 91.6. The van der Waals surface area contributed by atoms with Gasteiger partial charge in [-0.2, -0.15) is 0 Å². The van der Waals surface area contributed by atoms with E-state index < -0.39 is 107 Å². The Labute approximate surface area is 314 Å². The van der Waals surface area contributed by atoms with Gasteiger partial charge in [0.1, 0.15) is 24.4 Å². The Balaban J connectivity index is 2.15. The first-order valence-electron chi connectivity index (χ1n) is 18.1. The second kappa shape index (κ2) is 16.2. The summed E-state index contributed by atoms with van der Waals surface area (Å²) in [6.07, 6.45) is -5.66. The highest BCUT2D eigenvalue weighted by Crippen LogP contribution is 2.63. The van der Waals surface area contributed by atoms with Crippen LogP contribution in [-0.4, -0.2) is 108 Å². The Morgan fingerprint density at radius 2 is 1.35 bits per heavy atom. The molecule has 1 N–H and O–H groups in total. The quantitative estimate of drug-likeness (QED) is 0.182. The number of carbonyl (C=O) groups is 7. The maximum absolute atomic E-state index is 13.5. The molecule has 1 spiro atoms. The van der Waals surface area contributed by atoms with E-state index in [9.17, 15) is 38.7 Å². The fraction of sp³-hybridized carbons (Fsp3) is 0.711. The summed E-state index contributed by atoms with van der Waals surface area (Å²) < 4.78 is 47.4. The van der Waals surface area contributed by atoms with Crippen LogP contribution in [0.25, 0.3) is 0 Å². The van der Waals surface area contributed by atoms with E-state index in [0.29, 0.717) is 0 Å². The number of esters is 7. The Morgan fingerprint density at radius 1 is 0.815 bits per heavy atom. The minimum absolute atomic E-state index is 0.0765. The van der Waals surface area contributed by atoms with Gasteiger partial charge in [0.05, 0.1) is 17.9 Å². The molecule has 4 aliphatic rings.